The maximum Gasteiger partial charge on any atom is 0.251 e. The summed E-state index contributed by atoms with van der Waals surface area (Å²) < 4.78 is 5.46. The highest BCUT2D eigenvalue weighted by atomic mass is 16.5. The molecule has 2 aliphatic heterocycles. The van der Waals surface area contributed by atoms with Gasteiger partial charge in [-0.1, -0.05) is 12.1 Å². The van der Waals surface area contributed by atoms with Crippen molar-refractivity contribution < 1.29 is 19.1 Å². The van der Waals surface area contributed by atoms with Crippen molar-refractivity contribution in [1.29, 1.82) is 0 Å². The summed E-state index contributed by atoms with van der Waals surface area (Å²) in [5.74, 6) is -0.0512. The number of hydrogen-bond acceptors (Lipinski definition) is 4. The van der Waals surface area contributed by atoms with E-state index in [-0.39, 0.29) is 36.4 Å². The number of nitrogens with zero attached hydrogens (tertiary/aromatic N) is 2. The normalized spacial score (nSPS) is 19.5. The zero-order valence-corrected chi connectivity index (χ0v) is 17.4. The van der Waals surface area contributed by atoms with Crippen molar-refractivity contribution in [2.75, 3.05) is 26.2 Å². The minimum absolute atomic E-state index is 0.0340. The van der Waals surface area contributed by atoms with Gasteiger partial charge in [-0.15, -0.1) is 0 Å². The van der Waals surface area contributed by atoms with Gasteiger partial charge in [-0.2, -0.15) is 0 Å². The fourth-order valence-corrected chi connectivity index (χ4v) is 3.84. The van der Waals surface area contributed by atoms with Crippen molar-refractivity contribution >= 4 is 17.7 Å². The van der Waals surface area contributed by atoms with Gasteiger partial charge < -0.3 is 19.9 Å². The first kappa shape index (κ1) is 21.3. The Morgan fingerprint density at radius 1 is 1.21 bits per heavy atom. The van der Waals surface area contributed by atoms with Crippen LogP contribution in [-0.2, 0) is 20.9 Å². The molecule has 7 heteroatoms. The zero-order valence-electron chi connectivity index (χ0n) is 17.4. The average molecular weight is 402 g/mol. The first-order valence-corrected chi connectivity index (χ1v) is 10.5. The van der Waals surface area contributed by atoms with Crippen molar-refractivity contribution in [3.05, 3.63) is 35.4 Å². The number of piperazine rings is 1. The molecular formula is C22H31N3O4. The van der Waals surface area contributed by atoms with E-state index in [4.69, 9.17) is 4.74 Å². The van der Waals surface area contributed by atoms with E-state index in [0.717, 1.165) is 31.2 Å². The van der Waals surface area contributed by atoms with Gasteiger partial charge in [-0.25, -0.2) is 0 Å². The lowest BCUT2D eigenvalue weighted by Gasteiger charge is -2.42. The molecule has 158 valence electrons. The Kier molecular flexibility index (Phi) is 7.25. The van der Waals surface area contributed by atoms with Gasteiger partial charge in [0, 0.05) is 31.8 Å². The smallest absolute Gasteiger partial charge is 0.251 e. The van der Waals surface area contributed by atoms with Gasteiger partial charge in [0.15, 0.2) is 0 Å². The van der Waals surface area contributed by atoms with Gasteiger partial charge >= 0.3 is 0 Å². The van der Waals surface area contributed by atoms with Gasteiger partial charge in [-0.05, 0) is 57.2 Å². The number of ether oxygens (including phenoxy) is 1. The molecule has 2 aliphatic rings. The molecule has 0 spiro atoms. The Morgan fingerprint density at radius 3 is 2.69 bits per heavy atom. The number of carbonyl (C=O) groups is 3. The number of rotatable bonds is 8. The molecule has 0 bridgehead atoms. The SMILES string of the molecule is CC(C)OCCCNC(=O)c1ccc(CN2CC(=O)N3CCCC[C@H]3C2=O)cc1. The Labute approximate surface area is 172 Å². The van der Waals surface area contributed by atoms with Crippen LogP contribution in [-0.4, -0.2) is 65.9 Å². The lowest BCUT2D eigenvalue weighted by atomic mass is 9.98. The molecule has 1 atom stereocenters. The molecule has 1 N–H and O–H groups in total. The molecule has 0 aliphatic carbocycles. The van der Waals surface area contributed by atoms with Crippen molar-refractivity contribution in [2.24, 2.45) is 0 Å². The Hall–Kier alpha value is -2.41. The number of carbonyl (C=O) groups excluding carboxylic acids is 3. The van der Waals surface area contributed by atoms with Crippen molar-refractivity contribution in [3.8, 4) is 0 Å². The molecule has 0 unspecified atom stereocenters. The number of benzene rings is 1. The lowest BCUT2D eigenvalue weighted by Crippen LogP contribution is -2.60. The molecule has 2 fully saturated rings. The summed E-state index contributed by atoms with van der Waals surface area (Å²) in [6.45, 7) is 6.38. The third-order valence-corrected chi connectivity index (χ3v) is 5.39. The van der Waals surface area contributed by atoms with E-state index in [9.17, 15) is 14.4 Å². The van der Waals surface area contributed by atoms with Crippen LogP contribution >= 0.6 is 0 Å². The van der Waals surface area contributed by atoms with E-state index >= 15 is 0 Å². The molecule has 29 heavy (non-hydrogen) atoms. The highest BCUT2D eigenvalue weighted by Gasteiger charge is 2.40. The second-order valence-electron chi connectivity index (χ2n) is 8.02. The number of hydrogen-bond donors (Lipinski definition) is 1. The molecule has 7 nitrogen and oxygen atoms in total. The van der Waals surface area contributed by atoms with Gasteiger partial charge in [0.1, 0.15) is 12.6 Å². The molecule has 1 aromatic rings. The van der Waals surface area contributed by atoms with Gasteiger partial charge in [-0.3, -0.25) is 14.4 Å². The number of amides is 3. The molecular weight excluding hydrogens is 370 g/mol. The van der Waals surface area contributed by atoms with Crippen LogP contribution in [0.5, 0.6) is 0 Å². The Morgan fingerprint density at radius 2 is 1.97 bits per heavy atom. The summed E-state index contributed by atoms with van der Waals surface area (Å²) in [6.07, 6.45) is 3.68. The molecule has 0 aromatic heterocycles. The number of nitrogens with one attached hydrogen (secondary N) is 1. The first-order valence-electron chi connectivity index (χ1n) is 10.5. The van der Waals surface area contributed by atoms with E-state index in [1.165, 1.54) is 0 Å². The average Bonchev–Trinajstić information content (AvgIpc) is 2.72. The topological polar surface area (TPSA) is 79.0 Å². The van der Waals surface area contributed by atoms with E-state index in [1.54, 1.807) is 21.9 Å². The quantitative estimate of drug-likeness (QED) is 0.676. The van der Waals surface area contributed by atoms with Crippen molar-refractivity contribution in [3.63, 3.8) is 0 Å². The molecule has 3 rings (SSSR count). The monoisotopic (exact) mass is 401 g/mol. The van der Waals surface area contributed by atoms with Crippen LogP contribution in [0.25, 0.3) is 0 Å². The Bertz CT molecular complexity index is 732. The van der Waals surface area contributed by atoms with E-state index < -0.39 is 0 Å². The highest BCUT2D eigenvalue weighted by molar-refractivity contribution is 5.95. The predicted molar refractivity (Wildman–Crippen MR) is 109 cm³/mol. The molecule has 1 aromatic carbocycles. The third kappa shape index (κ3) is 5.56. The fourth-order valence-electron chi connectivity index (χ4n) is 3.84. The van der Waals surface area contributed by atoms with E-state index in [0.29, 0.717) is 31.8 Å². The van der Waals surface area contributed by atoms with Crippen LogP contribution in [0.15, 0.2) is 24.3 Å². The molecule has 0 saturated carbocycles. The lowest BCUT2D eigenvalue weighted by molar-refractivity contribution is -0.158. The third-order valence-electron chi connectivity index (χ3n) is 5.39. The van der Waals surface area contributed by atoms with Gasteiger partial charge in [0.2, 0.25) is 11.8 Å². The van der Waals surface area contributed by atoms with Crippen LogP contribution < -0.4 is 5.32 Å². The predicted octanol–water partition coefficient (Wildman–Crippen LogP) is 1.95. The van der Waals surface area contributed by atoms with Crippen molar-refractivity contribution in [1.82, 2.24) is 15.1 Å². The minimum Gasteiger partial charge on any atom is -0.379 e. The Balaban J connectivity index is 1.50. The molecule has 2 heterocycles. The van der Waals surface area contributed by atoms with Crippen LogP contribution in [0.3, 0.4) is 0 Å². The van der Waals surface area contributed by atoms with Crippen LogP contribution in [0.1, 0.15) is 55.5 Å². The number of piperidine rings is 1. The summed E-state index contributed by atoms with van der Waals surface area (Å²) in [5, 5.41) is 2.88. The summed E-state index contributed by atoms with van der Waals surface area (Å²) in [7, 11) is 0. The van der Waals surface area contributed by atoms with Gasteiger partial charge in [0.05, 0.1) is 6.10 Å². The van der Waals surface area contributed by atoms with Gasteiger partial charge in [0.25, 0.3) is 5.91 Å². The van der Waals surface area contributed by atoms with Crippen molar-refractivity contribution in [2.45, 2.75) is 58.2 Å². The largest absolute Gasteiger partial charge is 0.379 e. The first-order chi connectivity index (χ1) is 14.0. The van der Waals surface area contributed by atoms with E-state index in [1.807, 2.05) is 26.0 Å². The maximum absolute atomic E-state index is 12.8. The zero-order chi connectivity index (χ0) is 20.8. The minimum atomic E-state index is -0.297. The highest BCUT2D eigenvalue weighted by Crippen LogP contribution is 2.24. The second kappa shape index (κ2) is 9.87. The van der Waals surface area contributed by atoms with Crippen LogP contribution in [0.2, 0.25) is 0 Å². The second-order valence-corrected chi connectivity index (χ2v) is 8.02. The molecule has 3 amide bonds. The summed E-state index contributed by atoms with van der Waals surface area (Å²) in [5.41, 5.74) is 1.50. The van der Waals surface area contributed by atoms with E-state index in [2.05, 4.69) is 5.32 Å². The molecule has 0 radical (unpaired) electrons. The summed E-state index contributed by atoms with van der Waals surface area (Å²) >= 11 is 0. The molecule has 2 saturated heterocycles. The standard InChI is InChI=1S/C22H31N3O4/c1-16(2)29-13-5-11-23-21(27)18-9-7-17(8-10-18)14-24-15-20(26)25-12-4-3-6-19(25)22(24)28/h7-10,16,19H,3-6,11-15H2,1-2H3,(H,23,27)/t19-/m0/s1. The summed E-state index contributed by atoms with van der Waals surface area (Å²) in [6, 6.07) is 6.93. The van der Waals surface area contributed by atoms with Crippen LogP contribution in [0, 0.1) is 0 Å². The summed E-state index contributed by atoms with van der Waals surface area (Å²) in [4.78, 5) is 40.7. The van der Waals surface area contributed by atoms with Crippen LogP contribution in [0.4, 0.5) is 0 Å². The maximum atomic E-state index is 12.8. The number of fused-ring (bicyclic) bond motifs is 1. The fraction of sp³-hybridized carbons (Fsp3) is 0.591.